The van der Waals surface area contributed by atoms with Gasteiger partial charge in [-0.2, -0.15) is 0 Å². The number of carbonyl (C=O) groups excluding carboxylic acids is 2. The Kier molecular flexibility index (Phi) is 6.13. The Labute approximate surface area is 143 Å². The van der Waals surface area contributed by atoms with Crippen LogP contribution < -0.4 is 10.6 Å². The summed E-state index contributed by atoms with van der Waals surface area (Å²) in [5, 5.41) is 5.75. The fourth-order valence-electron chi connectivity index (χ4n) is 2.58. The maximum Gasteiger partial charge on any atom is 0.251 e. The first-order valence-corrected chi connectivity index (χ1v) is 8.28. The molecule has 0 aromatic heterocycles. The fourth-order valence-corrected chi connectivity index (χ4v) is 2.58. The van der Waals surface area contributed by atoms with Crippen LogP contribution in [-0.4, -0.2) is 17.9 Å². The van der Waals surface area contributed by atoms with Crippen LogP contribution in [0.1, 0.15) is 44.0 Å². The van der Waals surface area contributed by atoms with Crippen LogP contribution in [0.5, 0.6) is 0 Å². The maximum absolute atomic E-state index is 12.2. The van der Waals surface area contributed by atoms with Gasteiger partial charge in [0.1, 0.15) is 0 Å². The molecule has 0 fully saturated rings. The first-order valence-electron chi connectivity index (χ1n) is 8.28. The van der Waals surface area contributed by atoms with E-state index in [1.807, 2.05) is 55.5 Å². The Morgan fingerprint density at radius 2 is 1.50 bits per heavy atom. The second-order valence-corrected chi connectivity index (χ2v) is 6.00. The zero-order valence-corrected chi connectivity index (χ0v) is 14.4. The van der Waals surface area contributed by atoms with Crippen LogP contribution in [-0.2, 0) is 4.79 Å². The first-order chi connectivity index (χ1) is 11.5. The number of amides is 2. The van der Waals surface area contributed by atoms with Crippen molar-refractivity contribution in [3.63, 3.8) is 0 Å². The number of rotatable bonds is 6. The van der Waals surface area contributed by atoms with Gasteiger partial charge in [-0.3, -0.25) is 9.59 Å². The molecule has 2 N–H and O–H groups in total. The zero-order chi connectivity index (χ0) is 17.5. The SMILES string of the molecule is CCCC(C)NC(=O)c1ccc(-c2ccc(NC(C)=O)cc2)cc1. The van der Waals surface area contributed by atoms with Crippen molar-refractivity contribution in [2.45, 2.75) is 39.7 Å². The van der Waals surface area contributed by atoms with Gasteiger partial charge in [0.25, 0.3) is 5.91 Å². The van der Waals surface area contributed by atoms with Crippen LogP contribution in [0.2, 0.25) is 0 Å². The molecular formula is C20H24N2O2. The molecule has 2 aromatic rings. The quantitative estimate of drug-likeness (QED) is 0.835. The van der Waals surface area contributed by atoms with Crippen molar-refractivity contribution in [1.29, 1.82) is 0 Å². The predicted octanol–water partition coefficient (Wildman–Crippen LogP) is 4.23. The fraction of sp³-hybridized carbons (Fsp3) is 0.300. The summed E-state index contributed by atoms with van der Waals surface area (Å²) in [7, 11) is 0. The molecule has 2 amide bonds. The number of nitrogens with one attached hydrogen (secondary N) is 2. The lowest BCUT2D eigenvalue weighted by Gasteiger charge is -2.13. The first kappa shape index (κ1) is 17.7. The second-order valence-electron chi connectivity index (χ2n) is 6.00. The smallest absolute Gasteiger partial charge is 0.251 e. The molecule has 2 aromatic carbocycles. The second kappa shape index (κ2) is 8.29. The van der Waals surface area contributed by atoms with Crippen molar-refractivity contribution in [3.8, 4) is 11.1 Å². The summed E-state index contributed by atoms with van der Waals surface area (Å²) in [6, 6.07) is 15.4. The highest BCUT2D eigenvalue weighted by atomic mass is 16.2. The maximum atomic E-state index is 12.2. The van der Waals surface area contributed by atoms with Crippen LogP contribution in [0.25, 0.3) is 11.1 Å². The van der Waals surface area contributed by atoms with E-state index >= 15 is 0 Å². The number of benzene rings is 2. The van der Waals surface area contributed by atoms with E-state index in [2.05, 4.69) is 17.6 Å². The van der Waals surface area contributed by atoms with Crippen LogP contribution in [0.15, 0.2) is 48.5 Å². The Morgan fingerprint density at radius 1 is 0.958 bits per heavy atom. The van der Waals surface area contributed by atoms with Gasteiger partial charge < -0.3 is 10.6 Å². The highest BCUT2D eigenvalue weighted by Gasteiger charge is 2.09. The molecule has 24 heavy (non-hydrogen) atoms. The lowest BCUT2D eigenvalue weighted by Crippen LogP contribution is -2.32. The topological polar surface area (TPSA) is 58.2 Å². The molecule has 1 atom stereocenters. The number of anilines is 1. The van der Waals surface area contributed by atoms with E-state index in [1.54, 1.807) is 0 Å². The Hall–Kier alpha value is -2.62. The van der Waals surface area contributed by atoms with E-state index < -0.39 is 0 Å². The van der Waals surface area contributed by atoms with E-state index in [9.17, 15) is 9.59 Å². The number of hydrogen-bond donors (Lipinski definition) is 2. The molecule has 0 aliphatic carbocycles. The minimum Gasteiger partial charge on any atom is -0.350 e. The third-order valence-corrected chi connectivity index (χ3v) is 3.78. The molecule has 0 radical (unpaired) electrons. The summed E-state index contributed by atoms with van der Waals surface area (Å²) < 4.78 is 0. The van der Waals surface area contributed by atoms with E-state index in [0.717, 1.165) is 29.7 Å². The van der Waals surface area contributed by atoms with E-state index in [1.165, 1.54) is 6.92 Å². The van der Waals surface area contributed by atoms with Gasteiger partial charge in [0.15, 0.2) is 0 Å². The molecule has 126 valence electrons. The molecule has 2 rings (SSSR count). The third-order valence-electron chi connectivity index (χ3n) is 3.78. The summed E-state index contributed by atoms with van der Waals surface area (Å²) >= 11 is 0. The van der Waals surface area contributed by atoms with Gasteiger partial charge in [-0.15, -0.1) is 0 Å². The molecule has 4 heteroatoms. The molecule has 0 spiro atoms. The molecule has 0 saturated carbocycles. The molecule has 0 aliphatic heterocycles. The van der Waals surface area contributed by atoms with Crippen LogP contribution >= 0.6 is 0 Å². The third kappa shape index (κ3) is 4.95. The van der Waals surface area contributed by atoms with Crippen LogP contribution in [0.3, 0.4) is 0 Å². The van der Waals surface area contributed by atoms with Gasteiger partial charge in [0, 0.05) is 24.2 Å². The molecule has 0 bridgehead atoms. The summed E-state index contributed by atoms with van der Waals surface area (Å²) in [5.74, 6) is -0.126. The van der Waals surface area contributed by atoms with Crippen molar-refractivity contribution in [1.82, 2.24) is 5.32 Å². The minimum absolute atomic E-state index is 0.0384. The summed E-state index contributed by atoms with van der Waals surface area (Å²) in [6.07, 6.45) is 2.03. The number of hydrogen-bond acceptors (Lipinski definition) is 2. The minimum atomic E-state index is -0.0876. The largest absolute Gasteiger partial charge is 0.350 e. The van der Waals surface area contributed by atoms with Gasteiger partial charge in [0.2, 0.25) is 5.91 Å². The van der Waals surface area contributed by atoms with Crippen molar-refractivity contribution < 1.29 is 9.59 Å². The Bertz CT molecular complexity index is 691. The molecule has 4 nitrogen and oxygen atoms in total. The molecule has 0 heterocycles. The molecular weight excluding hydrogens is 300 g/mol. The Morgan fingerprint density at radius 3 is 2.00 bits per heavy atom. The Balaban J connectivity index is 2.06. The molecule has 0 aliphatic rings. The van der Waals surface area contributed by atoms with Crippen LogP contribution in [0.4, 0.5) is 5.69 Å². The predicted molar refractivity (Wildman–Crippen MR) is 98.0 cm³/mol. The van der Waals surface area contributed by atoms with E-state index in [-0.39, 0.29) is 17.9 Å². The highest BCUT2D eigenvalue weighted by Crippen LogP contribution is 2.22. The van der Waals surface area contributed by atoms with Gasteiger partial charge >= 0.3 is 0 Å². The van der Waals surface area contributed by atoms with Crippen molar-refractivity contribution in [2.75, 3.05) is 5.32 Å². The molecule has 1 unspecified atom stereocenters. The monoisotopic (exact) mass is 324 g/mol. The van der Waals surface area contributed by atoms with Crippen molar-refractivity contribution in [2.24, 2.45) is 0 Å². The van der Waals surface area contributed by atoms with Crippen molar-refractivity contribution in [3.05, 3.63) is 54.1 Å². The zero-order valence-electron chi connectivity index (χ0n) is 14.4. The van der Waals surface area contributed by atoms with Gasteiger partial charge in [-0.05, 0) is 48.7 Å². The summed E-state index contributed by atoms with van der Waals surface area (Å²) in [6.45, 7) is 5.61. The lowest BCUT2D eigenvalue weighted by atomic mass is 10.0. The summed E-state index contributed by atoms with van der Waals surface area (Å²) in [4.78, 5) is 23.2. The van der Waals surface area contributed by atoms with Gasteiger partial charge in [-0.25, -0.2) is 0 Å². The highest BCUT2D eigenvalue weighted by molar-refractivity contribution is 5.95. The van der Waals surface area contributed by atoms with E-state index in [0.29, 0.717) is 5.56 Å². The number of carbonyl (C=O) groups is 2. The lowest BCUT2D eigenvalue weighted by molar-refractivity contribution is -0.114. The van der Waals surface area contributed by atoms with Gasteiger partial charge in [0.05, 0.1) is 0 Å². The van der Waals surface area contributed by atoms with E-state index in [4.69, 9.17) is 0 Å². The summed E-state index contributed by atoms with van der Waals surface area (Å²) in [5.41, 5.74) is 3.50. The average Bonchev–Trinajstić information content (AvgIpc) is 2.55. The van der Waals surface area contributed by atoms with Crippen LogP contribution in [0, 0.1) is 0 Å². The average molecular weight is 324 g/mol. The normalized spacial score (nSPS) is 11.6. The van der Waals surface area contributed by atoms with Crippen molar-refractivity contribution >= 4 is 17.5 Å². The van der Waals surface area contributed by atoms with Gasteiger partial charge in [-0.1, -0.05) is 37.6 Å². The standard InChI is InChI=1S/C20H24N2O2/c1-4-5-14(2)21-20(24)18-8-6-16(7-9-18)17-10-12-19(13-11-17)22-15(3)23/h6-14H,4-5H2,1-3H3,(H,21,24)(H,22,23). The molecule has 0 saturated heterocycles.